The Morgan fingerprint density at radius 2 is 1.74 bits per heavy atom. The first-order valence-electron chi connectivity index (χ1n) is 12.4. The molecule has 2 aromatic carbocycles. The Morgan fingerprint density at radius 1 is 0.971 bits per heavy atom. The van der Waals surface area contributed by atoms with Crippen LogP contribution in [0.1, 0.15) is 38.2 Å². The molecule has 2 heterocycles. The first-order valence-corrected chi connectivity index (χ1v) is 12.4. The molecule has 1 aliphatic heterocycles. The summed E-state index contributed by atoms with van der Waals surface area (Å²) in [6.45, 7) is 3.67. The molecule has 1 unspecified atom stereocenters. The molecule has 0 spiro atoms. The van der Waals surface area contributed by atoms with Crippen molar-refractivity contribution in [3.05, 3.63) is 48.0 Å². The highest BCUT2D eigenvalue weighted by Gasteiger charge is 2.23. The van der Waals surface area contributed by atoms with Gasteiger partial charge in [-0.15, -0.1) is 0 Å². The van der Waals surface area contributed by atoms with Crippen molar-refractivity contribution in [3.8, 4) is 11.5 Å². The summed E-state index contributed by atoms with van der Waals surface area (Å²) < 4.78 is 10.9. The molecular weight excluding hydrogens is 426 g/mol. The molecule has 0 bridgehead atoms. The number of benzene rings is 2. The number of hydrogen-bond acceptors (Lipinski definition) is 7. The third-order valence-electron chi connectivity index (χ3n) is 6.84. The van der Waals surface area contributed by atoms with E-state index in [9.17, 15) is 0 Å². The maximum absolute atomic E-state index is 5.51. The molecule has 1 fully saturated rings. The van der Waals surface area contributed by atoms with Gasteiger partial charge in [0.2, 0.25) is 12.7 Å². The Balaban J connectivity index is 1.10. The minimum Gasteiger partial charge on any atom is -0.454 e. The van der Waals surface area contributed by atoms with Crippen LogP contribution in [0.15, 0.2) is 42.5 Å². The van der Waals surface area contributed by atoms with Gasteiger partial charge in [0, 0.05) is 31.6 Å². The molecule has 7 nitrogen and oxygen atoms in total. The summed E-state index contributed by atoms with van der Waals surface area (Å²) >= 11 is 0. The number of ether oxygens (including phenoxy) is 2. The average Bonchev–Trinajstić information content (AvgIpc) is 3.31. The van der Waals surface area contributed by atoms with Crippen LogP contribution in [0.2, 0.25) is 0 Å². The van der Waals surface area contributed by atoms with Crippen molar-refractivity contribution in [2.75, 3.05) is 37.6 Å². The molecule has 1 atom stereocenters. The van der Waals surface area contributed by atoms with Gasteiger partial charge >= 0.3 is 0 Å². The van der Waals surface area contributed by atoms with Crippen molar-refractivity contribution >= 4 is 22.7 Å². The highest BCUT2D eigenvalue weighted by molar-refractivity contribution is 5.90. The number of nitrogens with zero attached hydrogens (tertiary/aromatic N) is 3. The first kappa shape index (κ1) is 22.7. The summed E-state index contributed by atoms with van der Waals surface area (Å²) in [6.07, 6.45) is 5.63. The lowest BCUT2D eigenvalue weighted by molar-refractivity contribution is 0.174. The van der Waals surface area contributed by atoms with E-state index in [-0.39, 0.29) is 0 Å². The van der Waals surface area contributed by atoms with Crippen LogP contribution in [-0.2, 0) is 6.42 Å². The smallest absolute Gasteiger partial charge is 0.231 e. The second-order valence-corrected chi connectivity index (χ2v) is 9.88. The fourth-order valence-corrected chi connectivity index (χ4v) is 5.00. The summed E-state index contributed by atoms with van der Waals surface area (Å²) in [5.41, 5.74) is 2.29. The summed E-state index contributed by atoms with van der Waals surface area (Å²) in [5.74, 6) is 3.98. The predicted octanol–water partition coefficient (Wildman–Crippen LogP) is 4.62. The van der Waals surface area contributed by atoms with E-state index in [1.54, 1.807) is 0 Å². The first-order chi connectivity index (χ1) is 16.5. The van der Waals surface area contributed by atoms with Crippen LogP contribution in [0.4, 0.5) is 11.8 Å². The minimum atomic E-state index is 0.331. The standard InChI is InChI=1S/C27H35N5O2/c1-18(14-19-8-13-24-25(15-19)34-17-33-24)16-28-20-9-11-21(12-10-20)29-27-30-23-7-5-4-6-22(23)26(31-27)32(2)3/h4-8,13,15,18,20-21,28H,9-12,14,16-17H2,1-3H3,(H,29,30,31)/t18?,20-,21+. The molecule has 2 N–H and O–H groups in total. The summed E-state index contributed by atoms with van der Waals surface area (Å²) in [4.78, 5) is 11.6. The second kappa shape index (κ2) is 10.1. The fourth-order valence-electron chi connectivity index (χ4n) is 5.00. The molecule has 0 radical (unpaired) electrons. The van der Waals surface area contributed by atoms with Crippen LogP contribution >= 0.6 is 0 Å². The molecular formula is C27H35N5O2. The maximum atomic E-state index is 5.51. The topological polar surface area (TPSA) is 71.5 Å². The predicted molar refractivity (Wildman–Crippen MR) is 137 cm³/mol. The number of nitrogens with one attached hydrogen (secondary N) is 2. The van der Waals surface area contributed by atoms with Crippen LogP contribution < -0.4 is 25.0 Å². The monoisotopic (exact) mass is 461 g/mol. The van der Waals surface area contributed by atoms with Crippen molar-refractivity contribution in [3.63, 3.8) is 0 Å². The molecule has 1 aliphatic carbocycles. The highest BCUT2D eigenvalue weighted by atomic mass is 16.7. The molecule has 0 saturated heterocycles. The number of rotatable bonds is 8. The van der Waals surface area contributed by atoms with Crippen LogP contribution in [0.5, 0.6) is 11.5 Å². The molecule has 0 amide bonds. The van der Waals surface area contributed by atoms with Gasteiger partial charge in [0.05, 0.1) is 5.52 Å². The van der Waals surface area contributed by atoms with Crippen molar-refractivity contribution in [1.82, 2.24) is 15.3 Å². The third kappa shape index (κ3) is 5.20. The largest absolute Gasteiger partial charge is 0.454 e. The van der Waals surface area contributed by atoms with Crippen molar-refractivity contribution in [2.45, 2.75) is 51.1 Å². The SMILES string of the molecule is CC(CN[C@H]1CC[C@@H](Nc2nc(N(C)C)c3ccccc3n2)CC1)Cc1ccc2c(c1)OCO2. The van der Waals surface area contributed by atoms with Crippen molar-refractivity contribution < 1.29 is 9.47 Å². The van der Waals surface area contributed by atoms with Gasteiger partial charge < -0.3 is 25.0 Å². The van der Waals surface area contributed by atoms with Crippen LogP contribution in [0.25, 0.3) is 10.9 Å². The minimum absolute atomic E-state index is 0.331. The number of fused-ring (bicyclic) bond motifs is 2. The fraction of sp³-hybridized carbons (Fsp3) is 0.481. The quantitative estimate of drug-likeness (QED) is 0.507. The van der Waals surface area contributed by atoms with E-state index >= 15 is 0 Å². The Morgan fingerprint density at radius 3 is 2.56 bits per heavy atom. The van der Waals surface area contributed by atoms with Crippen molar-refractivity contribution in [2.24, 2.45) is 5.92 Å². The maximum Gasteiger partial charge on any atom is 0.231 e. The van der Waals surface area contributed by atoms with E-state index in [0.29, 0.717) is 24.8 Å². The van der Waals surface area contributed by atoms with Gasteiger partial charge in [-0.1, -0.05) is 25.1 Å². The van der Waals surface area contributed by atoms with Gasteiger partial charge in [-0.25, -0.2) is 4.98 Å². The molecule has 180 valence electrons. The van der Waals surface area contributed by atoms with Gasteiger partial charge in [-0.05, 0) is 74.4 Å². The van der Waals surface area contributed by atoms with E-state index < -0.39 is 0 Å². The zero-order chi connectivity index (χ0) is 23.5. The highest BCUT2D eigenvalue weighted by Crippen LogP contribution is 2.33. The van der Waals surface area contributed by atoms with Crippen LogP contribution in [-0.4, -0.2) is 49.5 Å². The molecule has 5 rings (SSSR count). The lowest BCUT2D eigenvalue weighted by atomic mass is 9.90. The number of para-hydroxylation sites is 1. The zero-order valence-corrected chi connectivity index (χ0v) is 20.4. The van der Waals surface area contributed by atoms with Gasteiger partial charge in [0.1, 0.15) is 5.82 Å². The Hall–Kier alpha value is -3.06. The molecule has 2 aliphatic rings. The number of hydrogen-bond donors (Lipinski definition) is 2. The average molecular weight is 462 g/mol. The number of anilines is 2. The molecule has 7 heteroatoms. The van der Waals surface area contributed by atoms with Crippen molar-refractivity contribution in [1.29, 1.82) is 0 Å². The van der Waals surface area contributed by atoms with E-state index in [0.717, 1.165) is 60.0 Å². The normalized spacial score (nSPS) is 20.3. The van der Waals surface area contributed by atoms with Gasteiger partial charge in [-0.3, -0.25) is 0 Å². The Labute approximate surface area is 201 Å². The molecule has 34 heavy (non-hydrogen) atoms. The van der Waals surface area contributed by atoms with Gasteiger partial charge in [0.25, 0.3) is 0 Å². The van der Waals surface area contributed by atoms with Crippen LogP contribution in [0.3, 0.4) is 0 Å². The second-order valence-electron chi connectivity index (χ2n) is 9.88. The summed E-state index contributed by atoms with van der Waals surface area (Å²) in [6, 6.07) is 15.5. The van der Waals surface area contributed by atoms with E-state index in [1.807, 2.05) is 32.3 Å². The van der Waals surface area contributed by atoms with Gasteiger partial charge in [-0.2, -0.15) is 4.98 Å². The summed E-state index contributed by atoms with van der Waals surface area (Å²) in [7, 11) is 4.06. The Bertz CT molecular complexity index is 1130. The van der Waals surface area contributed by atoms with E-state index in [1.165, 1.54) is 18.4 Å². The lowest BCUT2D eigenvalue weighted by Gasteiger charge is -2.31. The zero-order valence-electron chi connectivity index (χ0n) is 20.4. The third-order valence-corrected chi connectivity index (χ3v) is 6.84. The molecule has 3 aromatic rings. The molecule has 1 saturated carbocycles. The van der Waals surface area contributed by atoms with E-state index in [2.05, 4.69) is 46.7 Å². The van der Waals surface area contributed by atoms with E-state index in [4.69, 9.17) is 19.4 Å². The Kier molecular flexibility index (Phi) is 6.72. The summed E-state index contributed by atoms with van der Waals surface area (Å²) in [5, 5.41) is 8.50. The lowest BCUT2D eigenvalue weighted by Crippen LogP contribution is -2.39. The number of aromatic nitrogens is 2. The van der Waals surface area contributed by atoms with Crippen LogP contribution in [0, 0.1) is 5.92 Å². The molecule has 1 aromatic heterocycles. The van der Waals surface area contributed by atoms with Gasteiger partial charge in [0.15, 0.2) is 11.5 Å².